The first-order valence-corrected chi connectivity index (χ1v) is 7.30. The lowest BCUT2D eigenvalue weighted by molar-refractivity contribution is 0.545. The Morgan fingerprint density at radius 1 is 1.22 bits per heavy atom. The van der Waals surface area contributed by atoms with Crippen LogP contribution in [0.4, 0.5) is 0 Å². The van der Waals surface area contributed by atoms with Gasteiger partial charge in [-0.05, 0) is 56.7 Å². The summed E-state index contributed by atoms with van der Waals surface area (Å²) < 4.78 is 0. The average Bonchev–Trinajstić information content (AvgIpc) is 2.42. The summed E-state index contributed by atoms with van der Waals surface area (Å²) in [5.41, 5.74) is 4.46. The summed E-state index contributed by atoms with van der Waals surface area (Å²) in [7, 11) is 0. The fraction of sp³-hybridized carbons (Fsp3) is 0.529. The number of benzene rings is 1. The van der Waals surface area contributed by atoms with Crippen molar-refractivity contribution in [2.24, 2.45) is 0 Å². The molecule has 0 radical (unpaired) electrons. The van der Waals surface area contributed by atoms with Crippen LogP contribution >= 0.6 is 0 Å². The molecule has 0 aliphatic heterocycles. The van der Waals surface area contributed by atoms with Crippen LogP contribution in [0.2, 0.25) is 0 Å². The molecule has 0 amide bonds. The SMILES string of the molecule is CCCNC(C1=CCCCC1)c1ccccc1C. The fourth-order valence-corrected chi connectivity index (χ4v) is 2.77. The van der Waals surface area contributed by atoms with E-state index in [0.717, 1.165) is 6.54 Å². The van der Waals surface area contributed by atoms with E-state index < -0.39 is 0 Å². The van der Waals surface area contributed by atoms with E-state index in [-0.39, 0.29) is 0 Å². The van der Waals surface area contributed by atoms with Gasteiger partial charge in [0.15, 0.2) is 0 Å². The van der Waals surface area contributed by atoms with Gasteiger partial charge in [0.25, 0.3) is 0 Å². The maximum absolute atomic E-state index is 3.73. The quantitative estimate of drug-likeness (QED) is 0.749. The molecule has 0 spiro atoms. The zero-order chi connectivity index (χ0) is 12.8. The summed E-state index contributed by atoms with van der Waals surface area (Å²) in [4.78, 5) is 0. The molecule has 1 aromatic rings. The predicted molar refractivity (Wildman–Crippen MR) is 78.8 cm³/mol. The van der Waals surface area contributed by atoms with Crippen molar-refractivity contribution in [1.29, 1.82) is 0 Å². The first-order chi connectivity index (χ1) is 8.83. The van der Waals surface area contributed by atoms with Gasteiger partial charge in [0.1, 0.15) is 0 Å². The molecule has 1 nitrogen and oxygen atoms in total. The van der Waals surface area contributed by atoms with Crippen LogP contribution in [-0.4, -0.2) is 6.54 Å². The van der Waals surface area contributed by atoms with Gasteiger partial charge in [-0.1, -0.05) is 42.8 Å². The van der Waals surface area contributed by atoms with Gasteiger partial charge in [-0.25, -0.2) is 0 Å². The van der Waals surface area contributed by atoms with Crippen LogP contribution in [0.1, 0.15) is 56.2 Å². The van der Waals surface area contributed by atoms with E-state index >= 15 is 0 Å². The highest BCUT2D eigenvalue weighted by atomic mass is 14.9. The molecule has 0 fully saturated rings. The average molecular weight is 243 g/mol. The summed E-state index contributed by atoms with van der Waals surface area (Å²) in [5, 5.41) is 3.73. The van der Waals surface area contributed by atoms with Crippen molar-refractivity contribution in [3.05, 3.63) is 47.0 Å². The van der Waals surface area contributed by atoms with Crippen LogP contribution in [0.25, 0.3) is 0 Å². The van der Waals surface area contributed by atoms with Gasteiger partial charge in [0, 0.05) is 0 Å². The molecular weight excluding hydrogens is 218 g/mol. The highest BCUT2D eigenvalue weighted by Crippen LogP contribution is 2.31. The number of aryl methyl sites for hydroxylation is 1. The Balaban J connectivity index is 2.24. The molecule has 1 unspecified atom stereocenters. The van der Waals surface area contributed by atoms with Gasteiger partial charge in [-0.2, -0.15) is 0 Å². The maximum atomic E-state index is 3.73. The third-order valence-electron chi connectivity index (χ3n) is 3.79. The minimum atomic E-state index is 0.437. The summed E-state index contributed by atoms with van der Waals surface area (Å²) >= 11 is 0. The normalized spacial score (nSPS) is 17.3. The van der Waals surface area contributed by atoms with Crippen molar-refractivity contribution in [3.63, 3.8) is 0 Å². The summed E-state index contributed by atoms with van der Waals surface area (Å²) in [6.45, 7) is 5.55. The molecule has 0 aromatic heterocycles. The Labute approximate surface area is 111 Å². The highest BCUT2D eigenvalue weighted by molar-refractivity contribution is 5.35. The third-order valence-corrected chi connectivity index (χ3v) is 3.79. The van der Waals surface area contributed by atoms with Crippen molar-refractivity contribution in [3.8, 4) is 0 Å². The Morgan fingerprint density at radius 2 is 2.06 bits per heavy atom. The molecule has 18 heavy (non-hydrogen) atoms. The minimum Gasteiger partial charge on any atom is -0.307 e. The van der Waals surface area contributed by atoms with Crippen LogP contribution in [0, 0.1) is 6.92 Å². The predicted octanol–water partition coefficient (Wildman–Crippen LogP) is 4.54. The minimum absolute atomic E-state index is 0.437. The summed E-state index contributed by atoms with van der Waals surface area (Å²) in [6, 6.07) is 9.22. The zero-order valence-electron chi connectivity index (χ0n) is 11.7. The van der Waals surface area contributed by atoms with Crippen LogP contribution in [-0.2, 0) is 0 Å². The number of hydrogen-bond donors (Lipinski definition) is 1. The van der Waals surface area contributed by atoms with Crippen LogP contribution in [0.5, 0.6) is 0 Å². The van der Waals surface area contributed by atoms with E-state index in [1.807, 2.05) is 0 Å². The lowest BCUT2D eigenvalue weighted by atomic mass is 9.88. The van der Waals surface area contributed by atoms with E-state index in [1.165, 1.54) is 43.2 Å². The molecule has 0 saturated carbocycles. The maximum Gasteiger partial charge on any atom is 0.0538 e. The summed E-state index contributed by atoms with van der Waals surface area (Å²) in [5.74, 6) is 0. The monoisotopic (exact) mass is 243 g/mol. The molecule has 0 heterocycles. The van der Waals surface area contributed by atoms with E-state index in [4.69, 9.17) is 0 Å². The van der Waals surface area contributed by atoms with E-state index in [0.29, 0.717) is 6.04 Å². The molecule has 0 saturated heterocycles. The second-order valence-corrected chi connectivity index (χ2v) is 5.27. The van der Waals surface area contributed by atoms with E-state index in [9.17, 15) is 0 Å². The molecule has 98 valence electrons. The van der Waals surface area contributed by atoms with Gasteiger partial charge in [0.05, 0.1) is 6.04 Å². The molecule has 1 aliphatic rings. The molecule has 0 bridgehead atoms. The zero-order valence-corrected chi connectivity index (χ0v) is 11.7. The Bertz CT molecular complexity index is 406. The lowest BCUT2D eigenvalue weighted by Gasteiger charge is -2.26. The van der Waals surface area contributed by atoms with Crippen molar-refractivity contribution in [2.75, 3.05) is 6.54 Å². The first kappa shape index (κ1) is 13.4. The molecule has 1 aromatic carbocycles. The van der Waals surface area contributed by atoms with Crippen LogP contribution in [0.15, 0.2) is 35.9 Å². The highest BCUT2D eigenvalue weighted by Gasteiger charge is 2.18. The Kier molecular flexibility index (Phi) is 5.00. The lowest BCUT2D eigenvalue weighted by Crippen LogP contribution is -2.25. The molecular formula is C17H25N. The van der Waals surface area contributed by atoms with Gasteiger partial charge in [-0.3, -0.25) is 0 Å². The van der Waals surface area contributed by atoms with Crippen molar-refractivity contribution < 1.29 is 0 Å². The van der Waals surface area contributed by atoms with Crippen LogP contribution < -0.4 is 5.32 Å². The molecule has 1 aliphatic carbocycles. The van der Waals surface area contributed by atoms with Crippen LogP contribution in [0.3, 0.4) is 0 Å². The number of allylic oxidation sites excluding steroid dienone is 1. The third kappa shape index (κ3) is 3.23. The number of hydrogen-bond acceptors (Lipinski definition) is 1. The molecule has 1 heteroatoms. The first-order valence-electron chi connectivity index (χ1n) is 7.30. The second kappa shape index (κ2) is 6.75. The van der Waals surface area contributed by atoms with E-state index in [2.05, 4.69) is 49.5 Å². The van der Waals surface area contributed by atoms with Crippen molar-refractivity contribution >= 4 is 0 Å². The van der Waals surface area contributed by atoms with Gasteiger partial charge in [0.2, 0.25) is 0 Å². The molecule has 1 N–H and O–H groups in total. The van der Waals surface area contributed by atoms with Gasteiger partial charge < -0.3 is 5.32 Å². The Morgan fingerprint density at radius 3 is 2.72 bits per heavy atom. The smallest absolute Gasteiger partial charge is 0.0538 e. The number of nitrogens with one attached hydrogen (secondary N) is 1. The fourth-order valence-electron chi connectivity index (χ4n) is 2.77. The largest absolute Gasteiger partial charge is 0.307 e. The summed E-state index contributed by atoms with van der Waals surface area (Å²) in [6.07, 6.45) is 8.87. The van der Waals surface area contributed by atoms with E-state index in [1.54, 1.807) is 5.57 Å². The molecule has 1 atom stereocenters. The van der Waals surface area contributed by atoms with Crippen molar-refractivity contribution in [1.82, 2.24) is 5.32 Å². The number of rotatable bonds is 5. The van der Waals surface area contributed by atoms with Gasteiger partial charge >= 0.3 is 0 Å². The second-order valence-electron chi connectivity index (χ2n) is 5.27. The topological polar surface area (TPSA) is 12.0 Å². The standard InChI is InChI=1S/C17H25N/c1-3-13-18-17(15-10-5-4-6-11-15)16-12-8-7-9-14(16)2/h7-10,12,17-18H,3-6,11,13H2,1-2H3. The van der Waals surface area contributed by atoms with Crippen molar-refractivity contribution in [2.45, 2.75) is 52.0 Å². The Hall–Kier alpha value is -1.08. The molecule has 2 rings (SSSR count). The van der Waals surface area contributed by atoms with Gasteiger partial charge in [-0.15, -0.1) is 0 Å².